The summed E-state index contributed by atoms with van der Waals surface area (Å²) in [5.41, 5.74) is 0. The van der Waals surface area contributed by atoms with Gasteiger partial charge in [0, 0.05) is 20.0 Å². The zero-order valence-corrected chi connectivity index (χ0v) is 9.86. The van der Waals surface area contributed by atoms with Crippen molar-refractivity contribution >= 4 is 12.0 Å². The van der Waals surface area contributed by atoms with Crippen LogP contribution in [0.5, 0.6) is 0 Å². The molecule has 0 saturated carbocycles. The highest BCUT2D eigenvalue weighted by Gasteiger charge is 2.20. The molecule has 5 heteroatoms. The first-order valence-electron chi connectivity index (χ1n) is 5.06. The van der Waals surface area contributed by atoms with Gasteiger partial charge in [-0.05, 0) is 5.92 Å². The summed E-state index contributed by atoms with van der Waals surface area (Å²) in [4.78, 5) is 23.7. The van der Waals surface area contributed by atoms with Crippen molar-refractivity contribution in [3.05, 3.63) is 0 Å². The van der Waals surface area contributed by atoms with Gasteiger partial charge in [0.25, 0.3) is 0 Å². The van der Waals surface area contributed by atoms with E-state index in [2.05, 4.69) is 11.2 Å². The predicted molar refractivity (Wildman–Crippen MR) is 60.9 cm³/mol. The number of aliphatic carboxylic acids is 1. The highest BCUT2D eigenvalue weighted by atomic mass is 16.4. The van der Waals surface area contributed by atoms with Crippen molar-refractivity contribution in [3.8, 4) is 12.3 Å². The maximum Gasteiger partial charge on any atom is 0.327 e. The molecule has 0 spiro atoms. The average molecular weight is 226 g/mol. The monoisotopic (exact) mass is 226 g/mol. The van der Waals surface area contributed by atoms with Crippen LogP contribution in [-0.2, 0) is 4.79 Å². The van der Waals surface area contributed by atoms with E-state index >= 15 is 0 Å². The van der Waals surface area contributed by atoms with Gasteiger partial charge in [-0.15, -0.1) is 12.3 Å². The van der Waals surface area contributed by atoms with E-state index in [9.17, 15) is 9.59 Å². The van der Waals surface area contributed by atoms with Crippen LogP contribution >= 0.6 is 0 Å². The molecule has 0 bridgehead atoms. The third kappa shape index (κ3) is 5.25. The molecule has 1 unspecified atom stereocenters. The molecule has 0 aliphatic carbocycles. The molecule has 0 heterocycles. The van der Waals surface area contributed by atoms with Crippen molar-refractivity contribution < 1.29 is 14.7 Å². The second-order valence-corrected chi connectivity index (χ2v) is 4.02. The summed E-state index contributed by atoms with van der Waals surface area (Å²) in [6.07, 6.45) is 5.00. The van der Waals surface area contributed by atoms with Gasteiger partial charge in [0.05, 0.1) is 0 Å². The molecular formula is C11H18N2O3. The Kier molecular flexibility index (Phi) is 6.01. The molecule has 5 nitrogen and oxygen atoms in total. The van der Waals surface area contributed by atoms with Gasteiger partial charge in [0.1, 0.15) is 6.04 Å². The van der Waals surface area contributed by atoms with Crippen molar-refractivity contribution in [2.24, 2.45) is 5.92 Å². The van der Waals surface area contributed by atoms with E-state index < -0.39 is 18.0 Å². The molecule has 0 aromatic carbocycles. The molecular weight excluding hydrogens is 208 g/mol. The quantitative estimate of drug-likeness (QED) is 0.680. The van der Waals surface area contributed by atoms with Crippen LogP contribution in [0.1, 0.15) is 20.3 Å². The largest absolute Gasteiger partial charge is 0.480 e. The van der Waals surface area contributed by atoms with Crippen LogP contribution in [0.15, 0.2) is 0 Å². The highest BCUT2D eigenvalue weighted by Crippen LogP contribution is 1.98. The smallest absolute Gasteiger partial charge is 0.327 e. The van der Waals surface area contributed by atoms with Crippen LogP contribution in [0.4, 0.5) is 4.79 Å². The molecule has 1 atom stereocenters. The van der Waals surface area contributed by atoms with Crippen molar-refractivity contribution in [1.82, 2.24) is 10.2 Å². The molecule has 2 amide bonds. The number of carboxylic acids is 1. The lowest BCUT2D eigenvalue weighted by Crippen LogP contribution is -2.47. The minimum atomic E-state index is -1.12. The lowest BCUT2D eigenvalue weighted by atomic mass is 10.2. The van der Waals surface area contributed by atoms with Gasteiger partial charge in [0.15, 0.2) is 0 Å². The number of urea groups is 1. The number of carboxylic acid groups (broad SMARTS) is 1. The first kappa shape index (κ1) is 14.3. The molecule has 2 N–H and O–H groups in total. The minimum absolute atomic E-state index is 0.0173. The van der Waals surface area contributed by atoms with Gasteiger partial charge < -0.3 is 15.3 Å². The van der Waals surface area contributed by atoms with Gasteiger partial charge in [-0.3, -0.25) is 0 Å². The van der Waals surface area contributed by atoms with Gasteiger partial charge in [-0.2, -0.15) is 0 Å². The molecule has 0 aliphatic heterocycles. The summed E-state index contributed by atoms with van der Waals surface area (Å²) in [7, 11) is 1.62. The molecule has 0 rings (SSSR count). The van der Waals surface area contributed by atoms with Gasteiger partial charge in [-0.25, -0.2) is 9.59 Å². The summed E-state index contributed by atoms with van der Waals surface area (Å²) in [5, 5.41) is 11.2. The van der Waals surface area contributed by atoms with Crippen LogP contribution in [0, 0.1) is 18.3 Å². The van der Waals surface area contributed by atoms with E-state index in [0.29, 0.717) is 12.5 Å². The number of hydrogen-bond donors (Lipinski definition) is 2. The number of nitrogens with zero attached hydrogens (tertiary/aromatic N) is 1. The number of terminal acetylenes is 1. The van der Waals surface area contributed by atoms with Crippen LogP contribution in [0.2, 0.25) is 0 Å². The fourth-order valence-electron chi connectivity index (χ4n) is 1.21. The molecule has 0 saturated heterocycles. The number of amides is 2. The summed E-state index contributed by atoms with van der Waals surface area (Å²) >= 11 is 0. The standard InChI is InChI=1S/C11H18N2O3/c1-5-6-9(10(14)15)12-11(16)13(4)7-8(2)3/h1,8-9H,6-7H2,2-4H3,(H,12,16)(H,14,15). The number of rotatable bonds is 5. The fourth-order valence-corrected chi connectivity index (χ4v) is 1.21. The van der Waals surface area contributed by atoms with E-state index in [1.165, 1.54) is 4.90 Å². The van der Waals surface area contributed by atoms with Crippen LogP contribution in [0.3, 0.4) is 0 Å². The van der Waals surface area contributed by atoms with Crippen molar-refractivity contribution in [1.29, 1.82) is 0 Å². The van der Waals surface area contributed by atoms with E-state index in [-0.39, 0.29) is 6.42 Å². The Morgan fingerprint density at radius 2 is 2.06 bits per heavy atom. The topological polar surface area (TPSA) is 69.6 Å². The molecule has 0 fully saturated rings. The lowest BCUT2D eigenvalue weighted by Gasteiger charge is -2.22. The Morgan fingerprint density at radius 1 is 1.50 bits per heavy atom. The van der Waals surface area contributed by atoms with Gasteiger partial charge >= 0.3 is 12.0 Å². The van der Waals surface area contributed by atoms with Crippen molar-refractivity contribution in [3.63, 3.8) is 0 Å². The molecule has 90 valence electrons. The number of carbonyl (C=O) groups excluding carboxylic acids is 1. The first-order chi connectivity index (χ1) is 7.38. The van der Waals surface area contributed by atoms with E-state index in [1.54, 1.807) is 7.05 Å². The SMILES string of the molecule is C#CCC(NC(=O)N(C)CC(C)C)C(=O)O. The number of hydrogen-bond acceptors (Lipinski definition) is 2. The Hall–Kier alpha value is -1.70. The molecule has 0 aliphatic rings. The van der Waals surface area contributed by atoms with Gasteiger partial charge in [0.2, 0.25) is 0 Å². The molecule has 16 heavy (non-hydrogen) atoms. The third-order valence-corrected chi connectivity index (χ3v) is 1.90. The maximum atomic E-state index is 11.6. The first-order valence-corrected chi connectivity index (χ1v) is 5.06. The Morgan fingerprint density at radius 3 is 2.44 bits per heavy atom. The number of nitrogens with one attached hydrogen (secondary N) is 1. The van der Waals surface area contributed by atoms with Crippen LogP contribution in [0.25, 0.3) is 0 Å². The highest BCUT2D eigenvalue weighted by molar-refractivity contribution is 5.82. The average Bonchev–Trinajstić information content (AvgIpc) is 2.15. The lowest BCUT2D eigenvalue weighted by molar-refractivity contribution is -0.139. The summed E-state index contributed by atoms with van der Waals surface area (Å²) in [6, 6.07) is -1.44. The predicted octanol–water partition coefficient (Wildman–Crippen LogP) is 0.760. The summed E-state index contributed by atoms with van der Waals surface area (Å²) in [6.45, 7) is 4.51. The zero-order valence-electron chi connectivity index (χ0n) is 9.86. The van der Waals surface area contributed by atoms with Crippen molar-refractivity contribution in [2.45, 2.75) is 26.3 Å². The van der Waals surface area contributed by atoms with E-state index in [0.717, 1.165) is 0 Å². The van der Waals surface area contributed by atoms with Crippen LogP contribution < -0.4 is 5.32 Å². The van der Waals surface area contributed by atoms with Gasteiger partial charge in [-0.1, -0.05) is 13.8 Å². The fraction of sp³-hybridized carbons (Fsp3) is 0.636. The summed E-state index contributed by atoms with van der Waals surface area (Å²) in [5.74, 6) is 1.42. The summed E-state index contributed by atoms with van der Waals surface area (Å²) < 4.78 is 0. The molecule has 0 aromatic rings. The van der Waals surface area contributed by atoms with E-state index in [4.69, 9.17) is 11.5 Å². The third-order valence-electron chi connectivity index (χ3n) is 1.90. The van der Waals surface area contributed by atoms with Crippen LogP contribution in [-0.4, -0.2) is 41.6 Å². The second-order valence-electron chi connectivity index (χ2n) is 4.02. The van der Waals surface area contributed by atoms with Crippen molar-refractivity contribution in [2.75, 3.05) is 13.6 Å². The Bertz CT molecular complexity index is 294. The van der Waals surface area contributed by atoms with E-state index in [1.807, 2.05) is 13.8 Å². The second kappa shape index (κ2) is 6.72. The molecule has 0 aromatic heterocycles. The number of carbonyl (C=O) groups is 2. The Balaban J connectivity index is 4.30. The Labute approximate surface area is 95.8 Å². The maximum absolute atomic E-state index is 11.6. The normalized spacial score (nSPS) is 11.7. The zero-order chi connectivity index (χ0) is 12.7. The molecule has 0 radical (unpaired) electrons. The minimum Gasteiger partial charge on any atom is -0.480 e.